The quantitative estimate of drug-likeness (QED) is 0.845. The molecular formula is C22H26N2O. The molecular weight excluding hydrogens is 308 g/mol. The minimum Gasteiger partial charge on any atom is -0.338 e. The number of carbonyl (C=O) groups is 1. The van der Waals surface area contributed by atoms with Crippen molar-refractivity contribution in [3.8, 4) is 11.1 Å². The van der Waals surface area contributed by atoms with Crippen LogP contribution in [0.4, 0.5) is 0 Å². The summed E-state index contributed by atoms with van der Waals surface area (Å²) in [5.74, 6) is 0.358. The lowest BCUT2D eigenvalue weighted by Gasteiger charge is -2.37. The van der Waals surface area contributed by atoms with Crippen molar-refractivity contribution in [3.63, 3.8) is 0 Å². The average Bonchev–Trinajstić information content (AvgIpc) is 3.09. The van der Waals surface area contributed by atoms with Crippen LogP contribution >= 0.6 is 0 Å². The first-order valence-electron chi connectivity index (χ1n) is 9.46. The molecule has 3 heteroatoms. The number of rotatable bonds is 4. The predicted molar refractivity (Wildman–Crippen MR) is 101 cm³/mol. The topological polar surface area (TPSA) is 23.6 Å². The van der Waals surface area contributed by atoms with Crippen molar-refractivity contribution in [1.29, 1.82) is 0 Å². The van der Waals surface area contributed by atoms with Crippen LogP contribution in [0.5, 0.6) is 0 Å². The van der Waals surface area contributed by atoms with Crippen LogP contribution in [0.25, 0.3) is 11.1 Å². The van der Waals surface area contributed by atoms with Crippen molar-refractivity contribution in [2.75, 3.05) is 19.6 Å². The van der Waals surface area contributed by atoms with E-state index in [-0.39, 0.29) is 0 Å². The molecule has 0 N–H and O–H groups in total. The van der Waals surface area contributed by atoms with Gasteiger partial charge in [0.1, 0.15) is 0 Å². The monoisotopic (exact) mass is 334 g/mol. The Labute approximate surface area is 150 Å². The minimum atomic E-state index is 0.358. The molecule has 1 atom stereocenters. The van der Waals surface area contributed by atoms with Crippen LogP contribution in [0.2, 0.25) is 0 Å². The van der Waals surface area contributed by atoms with Crippen LogP contribution in [0, 0.1) is 0 Å². The summed E-state index contributed by atoms with van der Waals surface area (Å²) < 4.78 is 0. The Hall–Kier alpha value is -2.13. The summed E-state index contributed by atoms with van der Waals surface area (Å²) in [5.41, 5.74) is 3.98. The van der Waals surface area contributed by atoms with Gasteiger partial charge in [0.2, 0.25) is 5.91 Å². The van der Waals surface area contributed by atoms with Crippen molar-refractivity contribution in [2.45, 2.75) is 38.3 Å². The van der Waals surface area contributed by atoms with Gasteiger partial charge in [-0.1, -0.05) is 54.6 Å². The molecule has 2 aromatic carbocycles. The van der Waals surface area contributed by atoms with Gasteiger partial charge < -0.3 is 4.90 Å². The predicted octanol–water partition coefficient (Wildman–Crippen LogP) is 3.94. The van der Waals surface area contributed by atoms with Gasteiger partial charge in [-0.25, -0.2) is 0 Å². The number of amides is 1. The van der Waals surface area contributed by atoms with Crippen LogP contribution in [-0.4, -0.2) is 41.4 Å². The van der Waals surface area contributed by atoms with E-state index >= 15 is 0 Å². The van der Waals surface area contributed by atoms with E-state index in [2.05, 4.69) is 64.4 Å². The molecule has 2 aliphatic rings. The molecule has 0 bridgehead atoms. The number of hydrogen-bond donors (Lipinski definition) is 0. The van der Waals surface area contributed by atoms with E-state index in [1.54, 1.807) is 0 Å². The first kappa shape index (κ1) is 16.3. The van der Waals surface area contributed by atoms with E-state index in [9.17, 15) is 4.79 Å². The highest BCUT2D eigenvalue weighted by atomic mass is 16.2. The second kappa shape index (κ2) is 7.40. The Bertz CT molecular complexity index is 728. The molecule has 0 radical (unpaired) electrons. The summed E-state index contributed by atoms with van der Waals surface area (Å²) in [6, 6.07) is 19.7. The van der Waals surface area contributed by atoms with Gasteiger partial charge in [0.15, 0.2) is 0 Å². The summed E-state index contributed by atoms with van der Waals surface area (Å²) in [7, 11) is 0. The maximum atomic E-state index is 12.1. The third kappa shape index (κ3) is 3.62. The molecule has 25 heavy (non-hydrogen) atoms. The van der Waals surface area contributed by atoms with E-state index in [0.29, 0.717) is 11.9 Å². The van der Waals surface area contributed by atoms with E-state index < -0.39 is 0 Å². The Morgan fingerprint density at radius 3 is 2.52 bits per heavy atom. The second-order valence-electron chi connectivity index (χ2n) is 7.25. The highest BCUT2D eigenvalue weighted by Gasteiger charge is 2.31. The van der Waals surface area contributed by atoms with Crippen molar-refractivity contribution in [3.05, 3.63) is 60.2 Å². The Kier molecular flexibility index (Phi) is 4.84. The standard InChI is InChI=1S/C22H26N2O/c25-22-13-7-15-24(22)20-11-6-14-23(17-20)16-19-10-4-5-12-21(19)18-8-2-1-3-9-18/h1-5,8-10,12,20H,6-7,11,13-17H2. The zero-order valence-corrected chi connectivity index (χ0v) is 14.7. The fourth-order valence-electron chi connectivity index (χ4n) is 4.28. The number of nitrogens with zero attached hydrogens (tertiary/aromatic N) is 2. The first-order valence-corrected chi connectivity index (χ1v) is 9.46. The third-order valence-electron chi connectivity index (χ3n) is 5.53. The Balaban J connectivity index is 1.50. The highest BCUT2D eigenvalue weighted by Crippen LogP contribution is 2.27. The van der Waals surface area contributed by atoms with E-state index in [1.807, 2.05) is 0 Å². The van der Waals surface area contributed by atoms with Crippen molar-refractivity contribution in [1.82, 2.24) is 9.80 Å². The molecule has 2 aliphatic heterocycles. The molecule has 2 saturated heterocycles. The minimum absolute atomic E-state index is 0.358. The molecule has 4 rings (SSSR count). The molecule has 0 aromatic heterocycles. The molecule has 2 aromatic rings. The number of hydrogen-bond acceptors (Lipinski definition) is 2. The van der Waals surface area contributed by atoms with Gasteiger partial charge in [-0.15, -0.1) is 0 Å². The largest absolute Gasteiger partial charge is 0.338 e. The van der Waals surface area contributed by atoms with Gasteiger partial charge in [0.25, 0.3) is 0 Å². The van der Waals surface area contributed by atoms with E-state index in [0.717, 1.165) is 45.4 Å². The van der Waals surface area contributed by atoms with E-state index in [1.165, 1.54) is 23.1 Å². The lowest BCUT2D eigenvalue weighted by atomic mass is 9.98. The lowest BCUT2D eigenvalue weighted by molar-refractivity contribution is -0.130. The maximum absolute atomic E-state index is 12.1. The van der Waals surface area contributed by atoms with Crippen molar-refractivity contribution >= 4 is 5.91 Å². The highest BCUT2D eigenvalue weighted by molar-refractivity contribution is 5.78. The zero-order chi connectivity index (χ0) is 17.1. The average molecular weight is 334 g/mol. The van der Waals surface area contributed by atoms with E-state index in [4.69, 9.17) is 0 Å². The van der Waals surface area contributed by atoms with Gasteiger partial charge >= 0.3 is 0 Å². The van der Waals surface area contributed by atoms with Gasteiger partial charge in [-0.2, -0.15) is 0 Å². The van der Waals surface area contributed by atoms with Crippen LogP contribution in [0.3, 0.4) is 0 Å². The smallest absolute Gasteiger partial charge is 0.222 e. The third-order valence-corrected chi connectivity index (χ3v) is 5.53. The molecule has 2 heterocycles. The molecule has 1 amide bonds. The lowest BCUT2D eigenvalue weighted by Crippen LogP contribution is -2.48. The SMILES string of the molecule is O=C1CCCN1C1CCCN(Cc2ccccc2-c2ccccc2)C1. The van der Waals surface area contributed by atoms with Crippen LogP contribution < -0.4 is 0 Å². The van der Waals surface area contributed by atoms with Crippen molar-refractivity contribution < 1.29 is 4.79 Å². The maximum Gasteiger partial charge on any atom is 0.222 e. The number of benzene rings is 2. The van der Waals surface area contributed by atoms with Gasteiger partial charge in [-0.3, -0.25) is 9.69 Å². The number of likely N-dealkylation sites (tertiary alicyclic amines) is 2. The normalized spacial score (nSPS) is 21.7. The van der Waals surface area contributed by atoms with Crippen LogP contribution in [0.1, 0.15) is 31.2 Å². The molecule has 1 unspecified atom stereocenters. The molecule has 3 nitrogen and oxygen atoms in total. The zero-order valence-electron chi connectivity index (χ0n) is 14.7. The summed E-state index contributed by atoms with van der Waals surface area (Å²) in [6.45, 7) is 4.05. The molecule has 0 saturated carbocycles. The molecule has 2 fully saturated rings. The van der Waals surface area contributed by atoms with Crippen molar-refractivity contribution in [2.24, 2.45) is 0 Å². The number of piperidine rings is 1. The summed E-state index contributed by atoms with van der Waals surface area (Å²) in [4.78, 5) is 16.7. The summed E-state index contributed by atoms with van der Waals surface area (Å²) in [5, 5.41) is 0. The summed E-state index contributed by atoms with van der Waals surface area (Å²) in [6.07, 6.45) is 4.12. The van der Waals surface area contributed by atoms with Gasteiger partial charge in [0, 0.05) is 32.1 Å². The Morgan fingerprint density at radius 1 is 0.920 bits per heavy atom. The second-order valence-corrected chi connectivity index (χ2v) is 7.25. The van der Waals surface area contributed by atoms with Gasteiger partial charge in [-0.05, 0) is 42.5 Å². The fraction of sp³-hybridized carbons (Fsp3) is 0.409. The van der Waals surface area contributed by atoms with Crippen LogP contribution in [-0.2, 0) is 11.3 Å². The van der Waals surface area contributed by atoms with Gasteiger partial charge in [0.05, 0.1) is 0 Å². The first-order chi connectivity index (χ1) is 12.3. The van der Waals surface area contributed by atoms with Crippen LogP contribution in [0.15, 0.2) is 54.6 Å². The summed E-state index contributed by atoms with van der Waals surface area (Å²) >= 11 is 0. The number of carbonyl (C=O) groups excluding carboxylic acids is 1. The molecule has 130 valence electrons. The Morgan fingerprint density at radius 2 is 1.72 bits per heavy atom. The molecule has 0 aliphatic carbocycles. The fourth-order valence-corrected chi connectivity index (χ4v) is 4.28. The molecule has 0 spiro atoms.